The highest BCUT2D eigenvalue weighted by molar-refractivity contribution is 7.83. The fraction of sp³-hybridized carbons (Fsp3) is 0.714. The lowest BCUT2D eigenvalue weighted by Gasteiger charge is -2.38. The molecule has 0 spiro atoms. The SMILES string of the molecule is CCCCOC(c1ccccc1)C1CCCN(C2=NS(=O)N=C2N[C@H](CC)CC2CCCCC2)C1. The summed E-state index contributed by atoms with van der Waals surface area (Å²) in [5.74, 6) is 2.68. The van der Waals surface area contributed by atoms with Gasteiger partial charge in [0.1, 0.15) is 0 Å². The van der Waals surface area contributed by atoms with Gasteiger partial charge in [-0.25, -0.2) is 4.21 Å². The summed E-state index contributed by atoms with van der Waals surface area (Å²) in [6, 6.07) is 11.0. The summed E-state index contributed by atoms with van der Waals surface area (Å²) in [6.45, 7) is 6.99. The number of ether oxygens (including phenoxy) is 1. The molecule has 1 N–H and O–H groups in total. The number of amidine groups is 2. The maximum atomic E-state index is 12.4. The third-order valence-corrected chi connectivity index (χ3v) is 8.50. The van der Waals surface area contributed by atoms with Crippen molar-refractivity contribution in [2.24, 2.45) is 20.6 Å². The van der Waals surface area contributed by atoms with Gasteiger partial charge in [-0.2, -0.15) is 0 Å². The topological polar surface area (TPSA) is 66.3 Å². The molecule has 1 aromatic rings. The summed E-state index contributed by atoms with van der Waals surface area (Å²) in [7, 11) is 0. The predicted molar refractivity (Wildman–Crippen MR) is 146 cm³/mol. The molecule has 0 amide bonds. The molecule has 3 aliphatic rings. The van der Waals surface area contributed by atoms with Crippen molar-refractivity contribution in [3.05, 3.63) is 35.9 Å². The van der Waals surface area contributed by atoms with Crippen molar-refractivity contribution in [2.45, 2.75) is 96.6 Å². The Hall–Kier alpha value is -1.73. The Morgan fingerprint density at radius 2 is 1.89 bits per heavy atom. The molecule has 3 unspecified atom stereocenters. The van der Waals surface area contributed by atoms with Gasteiger partial charge in [-0.15, -0.1) is 8.80 Å². The molecule has 6 nitrogen and oxygen atoms in total. The lowest BCUT2D eigenvalue weighted by atomic mass is 9.84. The number of hydrogen-bond donors (Lipinski definition) is 1. The maximum absolute atomic E-state index is 12.4. The molecule has 1 aromatic carbocycles. The largest absolute Gasteiger partial charge is 0.373 e. The third kappa shape index (κ3) is 7.39. The lowest BCUT2D eigenvalue weighted by Crippen LogP contribution is -2.49. The average molecular weight is 501 g/mol. The number of unbranched alkanes of at least 4 members (excludes halogenated alkanes) is 1. The molecule has 1 saturated heterocycles. The molecule has 1 saturated carbocycles. The molecule has 7 heteroatoms. The number of hydrogen-bond acceptors (Lipinski definition) is 4. The van der Waals surface area contributed by atoms with E-state index < -0.39 is 11.2 Å². The molecule has 0 bridgehead atoms. The van der Waals surface area contributed by atoms with Crippen molar-refractivity contribution in [3.8, 4) is 0 Å². The molecule has 194 valence electrons. The Bertz CT molecular complexity index is 869. The highest BCUT2D eigenvalue weighted by Crippen LogP contribution is 2.34. The first-order valence-corrected chi connectivity index (χ1v) is 15.0. The summed E-state index contributed by atoms with van der Waals surface area (Å²) >= 11 is -1.53. The van der Waals surface area contributed by atoms with Crippen LogP contribution in [0, 0.1) is 11.8 Å². The van der Waals surface area contributed by atoms with E-state index >= 15 is 0 Å². The van der Waals surface area contributed by atoms with E-state index in [1.807, 2.05) is 0 Å². The van der Waals surface area contributed by atoms with E-state index in [1.165, 1.54) is 44.1 Å². The minimum atomic E-state index is -1.53. The Kier molecular flexibility index (Phi) is 10.2. The minimum Gasteiger partial charge on any atom is -0.373 e. The molecule has 35 heavy (non-hydrogen) atoms. The van der Waals surface area contributed by atoms with E-state index in [1.54, 1.807) is 0 Å². The zero-order valence-electron chi connectivity index (χ0n) is 21.7. The zero-order valence-corrected chi connectivity index (χ0v) is 22.5. The minimum absolute atomic E-state index is 0.0705. The summed E-state index contributed by atoms with van der Waals surface area (Å²) < 4.78 is 27.8. The van der Waals surface area contributed by atoms with Gasteiger partial charge in [0.15, 0.2) is 11.7 Å². The average Bonchev–Trinajstić information content (AvgIpc) is 3.27. The Labute approximate surface area is 214 Å². The highest BCUT2D eigenvalue weighted by atomic mass is 32.2. The molecule has 2 heterocycles. The Morgan fingerprint density at radius 1 is 1.09 bits per heavy atom. The van der Waals surface area contributed by atoms with Gasteiger partial charge in [-0.3, -0.25) is 0 Å². The van der Waals surface area contributed by atoms with E-state index in [2.05, 4.69) is 63.2 Å². The van der Waals surface area contributed by atoms with Crippen LogP contribution in [0.25, 0.3) is 0 Å². The Balaban J connectivity index is 1.43. The number of rotatable bonds is 10. The van der Waals surface area contributed by atoms with Crippen LogP contribution in [0.2, 0.25) is 0 Å². The zero-order chi connectivity index (χ0) is 24.5. The van der Waals surface area contributed by atoms with Crippen LogP contribution in [0.3, 0.4) is 0 Å². The number of benzene rings is 1. The van der Waals surface area contributed by atoms with Crippen molar-refractivity contribution in [2.75, 3.05) is 19.7 Å². The van der Waals surface area contributed by atoms with Crippen LogP contribution in [0.5, 0.6) is 0 Å². The summed E-state index contributed by atoms with van der Waals surface area (Å²) in [5.41, 5.74) is 1.25. The standard InChI is InChI=1S/C28H44N4O2S/c1-3-5-19-34-26(23-15-10-7-11-16-23)24-17-12-18-32(21-24)28-27(30-35(33)31-28)29-25(4-2)20-22-13-8-6-9-14-22/h7,10-11,15-16,22,24-26H,3-6,8-9,12-14,17-21H2,1-2H3,(H,29,30)/t24?,25-,26?,35?/m1/s1. The van der Waals surface area contributed by atoms with Crippen molar-refractivity contribution in [1.29, 1.82) is 0 Å². The maximum Gasteiger partial charge on any atom is 0.269 e. The second kappa shape index (κ2) is 13.5. The first-order chi connectivity index (χ1) is 17.2. The molecule has 0 aromatic heterocycles. The quantitative estimate of drug-likeness (QED) is 0.401. The number of nitrogens with one attached hydrogen (secondary N) is 1. The van der Waals surface area contributed by atoms with E-state index in [4.69, 9.17) is 4.74 Å². The monoisotopic (exact) mass is 500 g/mol. The van der Waals surface area contributed by atoms with Gasteiger partial charge in [0.05, 0.1) is 6.10 Å². The summed E-state index contributed by atoms with van der Waals surface area (Å²) in [6.07, 6.45) is 13.5. The van der Waals surface area contributed by atoms with Crippen LogP contribution >= 0.6 is 0 Å². The molecular formula is C28H44N4O2S. The third-order valence-electron chi connectivity index (χ3n) is 7.83. The summed E-state index contributed by atoms with van der Waals surface area (Å²) in [4.78, 5) is 2.30. The lowest BCUT2D eigenvalue weighted by molar-refractivity contribution is -0.00816. The van der Waals surface area contributed by atoms with E-state index in [-0.39, 0.29) is 6.10 Å². The van der Waals surface area contributed by atoms with Crippen LogP contribution in [0.15, 0.2) is 39.1 Å². The molecular weight excluding hydrogens is 456 g/mol. The fourth-order valence-corrected chi connectivity index (χ4v) is 6.53. The van der Waals surface area contributed by atoms with E-state index in [0.29, 0.717) is 12.0 Å². The number of likely N-dealkylation sites (tertiary alicyclic amines) is 1. The van der Waals surface area contributed by atoms with Crippen molar-refractivity contribution in [1.82, 2.24) is 10.2 Å². The smallest absolute Gasteiger partial charge is 0.269 e. The van der Waals surface area contributed by atoms with Gasteiger partial charge in [0, 0.05) is 31.7 Å². The van der Waals surface area contributed by atoms with Crippen LogP contribution < -0.4 is 5.32 Å². The first kappa shape index (κ1) is 26.3. The normalized spacial score (nSPS) is 25.1. The predicted octanol–water partition coefficient (Wildman–Crippen LogP) is 5.98. The summed E-state index contributed by atoms with van der Waals surface area (Å²) in [5, 5.41) is 3.66. The number of piperidine rings is 1. The van der Waals surface area contributed by atoms with Gasteiger partial charge in [0.25, 0.3) is 11.2 Å². The second-order valence-electron chi connectivity index (χ2n) is 10.5. The molecule has 4 atom stereocenters. The molecule has 2 fully saturated rings. The molecule has 0 radical (unpaired) electrons. The van der Waals surface area contributed by atoms with Crippen molar-refractivity contribution >= 4 is 22.8 Å². The van der Waals surface area contributed by atoms with E-state index in [0.717, 1.165) is 69.4 Å². The van der Waals surface area contributed by atoms with Crippen LogP contribution in [-0.2, 0) is 15.9 Å². The fourth-order valence-electron chi connectivity index (χ4n) is 5.85. The second-order valence-corrected chi connectivity index (χ2v) is 11.3. The van der Waals surface area contributed by atoms with Crippen LogP contribution in [0.1, 0.15) is 96.1 Å². The van der Waals surface area contributed by atoms with Crippen molar-refractivity contribution < 1.29 is 8.95 Å². The molecule has 2 aliphatic heterocycles. The van der Waals surface area contributed by atoms with Gasteiger partial charge < -0.3 is 15.0 Å². The van der Waals surface area contributed by atoms with Crippen LogP contribution in [0.4, 0.5) is 0 Å². The highest BCUT2D eigenvalue weighted by Gasteiger charge is 2.34. The molecule has 1 aliphatic carbocycles. The van der Waals surface area contributed by atoms with Gasteiger partial charge in [-0.05, 0) is 43.6 Å². The van der Waals surface area contributed by atoms with Crippen LogP contribution in [-0.4, -0.2) is 46.5 Å². The van der Waals surface area contributed by atoms with E-state index in [9.17, 15) is 4.21 Å². The molecule has 4 rings (SSSR count). The van der Waals surface area contributed by atoms with Crippen molar-refractivity contribution in [3.63, 3.8) is 0 Å². The van der Waals surface area contributed by atoms with Gasteiger partial charge >= 0.3 is 0 Å². The first-order valence-electron chi connectivity index (χ1n) is 14.0. The number of nitrogens with zero attached hydrogens (tertiary/aromatic N) is 3. The Morgan fingerprint density at radius 3 is 2.63 bits per heavy atom. The van der Waals surface area contributed by atoms with Gasteiger partial charge in [0.2, 0.25) is 0 Å². The van der Waals surface area contributed by atoms with Gasteiger partial charge in [-0.1, -0.05) is 82.7 Å².